The number of carbonyl (C=O) groups is 1. The van der Waals surface area contributed by atoms with Crippen LogP contribution in [0.2, 0.25) is 0 Å². The van der Waals surface area contributed by atoms with Crippen molar-refractivity contribution < 1.29 is 14.6 Å². The van der Waals surface area contributed by atoms with Crippen LogP contribution in [0.25, 0.3) is 0 Å². The van der Waals surface area contributed by atoms with E-state index in [-0.39, 0.29) is 17.6 Å². The van der Waals surface area contributed by atoms with E-state index in [1.807, 2.05) is 13.0 Å². The fourth-order valence-electron chi connectivity index (χ4n) is 2.54. The topological polar surface area (TPSA) is 83.5 Å². The molecule has 1 atom stereocenters. The number of carbonyl (C=O) groups excluding carboxylic acids is 1. The molecule has 116 valence electrons. The molecule has 1 aromatic heterocycles. The first-order valence-electron chi connectivity index (χ1n) is 7.03. The maximum absolute atomic E-state index is 11.9. The van der Waals surface area contributed by atoms with E-state index >= 15 is 0 Å². The number of methoxy groups -OCH3 is 1. The molecule has 0 saturated heterocycles. The van der Waals surface area contributed by atoms with Crippen LogP contribution in [0.5, 0.6) is 11.5 Å². The molecule has 3 rings (SSSR count). The molecule has 0 fully saturated rings. The van der Waals surface area contributed by atoms with Gasteiger partial charge >= 0.3 is 0 Å². The predicted molar refractivity (Wildman–Crippen MR) is 86.0 cm³/mol. The third-order valence-electron chi connectivity index (χ3n) is 3.55. The molecule has 0 saturated carbocycles. The molecule has 0 spiro atoms. The van der Waals surface area contributed by atoms with Crippen LogP contribution in [0.1, 0.15) is 29.7 Å². The number of anilines is 2. The fourth-order valence-corrected chi connectivity index (χ4v) is 3.66. The smallest absolute Gasteiger partial charge is 0.226 e. The second-order valence-corrected chi connectivity index (χ2v) is 6.03. The summed E-state index contributed by atoms with van der Waals surface area (Å²) < 4.78 is 5.06. The largest absolute Gasteiger partial charge is 0.504 e. The van der Waals surface area contributed by atoms with E-state index < -0.39 is 0 Å². The van der Waals surface area contributed by atoms with E-state index in [4.69, 9.17) is 4.74 Å². The zero-order chi connectivity index (χ0) is 15.7. The molecular weight excluding hydrogens is 302 g/mol. The number of rotatable bonds is 4. The zero-order valence-electron chi connectivity index (χ0n) is 12.3. The Bertz CT molecular complexity index is 714. The van der Waals surface area contributed by atoms with Crippen molar-refractivity contribution in [1.29, 1.82) is 0 Å². The van der Waals surface area contributed by atoms with Crippen LogP contribution in [-0.4, -0.2) is 29.7 Å². The van der Waals surface area contributed by atoms with E-state index in [0.717, 1.165) is 22.1 Å². The van der Waals surface area contributed by atoms with Crippen molar-refractivity contribution in [2.45, 2.75) is 19.3 Å². The number of hydrogen-bond donors (Lipinski definition) is 3. The van der Waals surface area contributed by atoms with Crippen LogP contribution in [0.3, 0.4) is 0 Å². The fraction of sp³-hybridized carbons (Fsp3) is 0.333. The van der Waals surface area contributed by atoms with Crippen molar-refractivity contribution in [3.8, 4) is 11.5 Å². The van der Waals surface area contributed by atoms with Gasteiger partial charge in [0.05, 0.1) is 12.0 Å². The minimum atomic E-state index is -0.106. The number of fused-ring (bicyclic) bond motifs is 1. The van der Waals surface area contributed by atoms with Gasteiger partial charge in [0.2, 0.25) is 5.91 Å². The average molecular weight is 319 g/mol. The summed E-state index contributed by atoms with van der Waals surface area (Å²) in [5, 5.41) is 16.7. The molecule has 0 bridgehead atoms. The van der Waals surface area contributed by atoms with E-state index in [1.54, 1.807) is 12.1 Å². The van der Waals surface area contributed by atoms with Gasteiger partial charge in [-0.1, -0.05) is 17.4 Å². The summed E-state index contributed by atoms with van der Waals surface area (Å²) in [6.45, 7) is 2.77. The lowest BCUT2D eigenvalue weighted by molar-refractivity contribution is -0.116. The summed E-state index contributed by atoms with van der Waals surface area (Å²) in [6.07, 6.45) is 0.340. The summed E-state index contributed by atoms with van der Waals surface area (Å²) in [5.41, 5.74) is 0.876. The Morgan fingerprint density at radius 1 is 1.55 bits per heavy atom. The SMILES string of the molecule is CCNc1nc2c(s1)[C@@H](c1ccc(OC)c(O)c1)CC(=O)N2. The molecule has 1 amide bonds. The Balaban J connectivity index is 2.01. The predicted octanol–water partition coefficient (Wildman–Crippen LogP) is 2.76. The van der Waals surface area contributed by atoms with Crippen LogP contribution in [0, 0.1) is 0 Å². The number of ether oxygens (including phenoxy) is 1. The average Bonchev–Trinajstić information content (AvgIpc) is 2.89. The molecule has 0 unspecified atom stereocenters. The lowest BCUT2D eigenvalue weighted by Crippen LogP contribution is -2.22. The first-order valence-corrected chi connectivity index (χ1v) is 7.85. The normalized spacial score (nSPS) is 16.8. The first kappa shape index (κ1) is 14.6. The highest BCUT2D eigenvalue weighted by atomic mass is 32.1. The number of benzene rings is 1. The highest BCUT2D eigenvalue weighted by Gasteiger charge is 2.30. The monoisotopic (exact) mass is 319 g/mol. The number of nitrogens with zero attached hydrogens (tertiary/aromatic N) is 1. The van der Waals surface area contributed by atoms with Crippen LogP contribution < -0.4 is 15.4 Å². The second kappa shape index (κ2) is 5.84. The highest BCUT2D eigenvalue weighted by Crippen LogP contribution is 2.43. The van der Waals surface area contributed by atoms with Gasteiger partial charge < -0.3 is 20.5 Å². The van der Waals surface area contributed by atoms with Gasteiger partial charge in [-0.25, -0.2) is 4.98 Å². The van der Waals surface area contributed by atoms with Crippen molar-refractivity contribution in [3.63, 3.8) is 0 Å². The Labute approximate surface area is 132 Å². The van der Waals surface area contributed by atoms with Gasteiger partial charge in [-0.05, 0) is 24.6 Å². The summed E-state index contributed by atoms with van der Waals surface area (Å²) in [7, 11) is 1.51. The molecule has 0 aliphatic carbocycles. The van der Waals surface area contributed by atoms with E-state index in [1.165, 1.54) is 18.4 Å². The molecule has 22 heavy (non-hydrogen) atoms. The van der Waals surface area contributed by atoms with Crippen LogP contribution >= 0.6 is 11.3 Å². The van der Waals surface area contributed by atoms with Crippen LogP contribution in [0.4, 0.5) is 10.9 Å². The number of amides is 1. The number of hydrogen-bond acceptors (Lipinski definition) is 6. The minimum Gasteiger partial charge on any atom is -0.504 e. The van der Waals surface area contributed by atoms with Gasteiger partial charge in [-0.3, -0.25) is 4.79 Å². The van der Waals surface area contributed by atoms with Crippen molar-refractivity contribution in [3.05, 3.63) is 28.6 Å². The van der Waals surface area contributed by atoms with Crippen LogP contribution in [0.15, 0.2) is 18.2 Å². The summed E-state index contributed by atoms with van der Waals surface area (Å²) in [5.74, 6) is 0.926. The molecule has 6 nitrogen and oxygen atoms in total. The van der Waals surface area contributed by atoms with E-state index in [2.05, 4.69) is 15.6 Å². The quantitative estimate of drug-likeness (QED) is 0.807. The summed E-state index contributed by atoms with van der Waals surface area (Å²) in [6, 6.07) is 5.24. The highest BCUT2D eigenvalue weighted by molar-refractivity contribution is 7.16. The van der Waals surface area contributed by atoms with E-state index in [0.29, 0.717) is 18.0 Å². The van der Waals surface area contributed by atoms with Crippen LogP contribution in [-0.2, 0) is 4.79 Å². The van der Waals surface area contributed by atoms with Crippen molar-refractivity contribution in [1.82, 2.24) is 4.98 Å². The third kappa shape index (κ3) is 2.59. The Kier molecular flexibility index (Phi) is 3.89. The van der Waals surface area contributed by atoms with Gasteiger partial charge in [-0.2, -0.15) is 0 Å². The second-order valence-electron chi connectivity index (χ2n) is 5.00. The molecule has 2 heterocycles. The summed E-state index contributed by atoms with van der Waals surface area (Å²) >= 11 is 1.53. The van der Waals surface area contributed by atoms with Gasteiger partial charge in [0, 0.05) is 18.9 Å². The van der Waals surface area contributed by atoms with Crippen molar-refractivity contribution >= 4 is 28.2 Å². The standard InChI is InChI=1S/C15H17N3O3S/c1-3-16-15-18-14-13(22-15)9(7-12(20)17-14)8-4-5-11(21-2)10(19)6-8/h4-6,9,19H,3,7H2,1-2H3,(H,16,18)(H,17,20)/t9-/m1/s1. The number of thiazole rings is 1. The maximum atomic E-state index is 11.9. The lowest BCUT2D eigenvalue weighted by Gasteiger charge is -2.22. The van der Waals surface area contributed by atoms with Crippen molar-refractivity contribution in [2.24, 2.45) is 0 Å². The van der Waals surface area contributed by atoms with Gasteiger partial charge in [0.25, 0.3) is 0 Å². The molecule has 3 N–H and O–H groups in total. The number of aromatic hydroxyl groups is 1. The first-order chi connectivity index (χ1) is 10.6. The van der Waals surface area contributed by atoms with Gasteiger partial charge in [0.15, 0.2) is 16.6 Å². The Morgan fingerprint density at radius 3 is 3.05 bits per heavy atom. The maximum Gasteiger partial charge on any atom is 0.226 e. The third-order valence-corrected chi connectivity index (χ3v) is 4.68. The van der Waals surface area contributed by atoms with Crippen molar-refractivity contribution in [2.75, 3.05) is 24.3 Å². The molecular formula is C15H17N3O3S. The zero-order valence-corrected chi connectivity index (χ0v) is 13.2. The Hall–Kier alpha value is -2.28. The molecule has 1 aliphatic rings. The molecule has 1 aromatic carbocycles. The van der Waals surface area contributed by atoms with E-state index in [9.17, 15) is 9.90 Å². The van der Waals surface area contributed by atoms with Gasteiger partial charge in [-0.15, -0.1) is 0 Å². The molecule has 1 aliphatic heterocycles. The van der Waals surface area contributed by atoms with Gasteiger partial charge in [0.1, 0.15) is 5.82 Å². The number of aromatic nitrogens is 1. The number of phenols is 1. The number of phenolic OH excluding ortho intramolecular Hbond substituents is 1. The minimum absolute atomic E-state index is 0.0684. The Morgan fingerprint density at radius 2 is 2.36 bits per heavy atom. The summed E-state index contributed by atoms with van der Waals surface area (Å²) in [4.78, 5) is 17.3. The molecule has 0 radical (unpaired) electrons. The molecule has 2 aromatic rings. The molecule has 7 heteroatoms. The number of nitrogens with one attached hydrogen (secondary N) is 2. The lowest BCUT2D eigenvalue weighted by atomic mass is 9.91.